The summed E-state index contributed by atoms with van der Waals surface area (Å²) in [6.07, 6.45) is 2.25. The third-order valence-corrected chi connectivity index (χ3v) is 10.6. The molecule has 1 heterocycles. The molecule has 4 aromatic rings. The first-order chi connectivity index (χ1) is 22.3. The van der Waals surface area contributed by atoms with Crippen molar-refractivity contribution in [3.05, 3.63) is 122 Å². The van der Waals surface area contributed by atoms with E-state index in [0.29, 0.717) is 59.3 Å². The van der Waals surface area contributed by atoms with Crippen LogP contribution in [0.3, 0.4) is 0 Å². The van der Waals surface area contributed by atoms with Crippen LogP contribution in [-0.4, -0.2) is 42.0 Å². The minimum atomic E-state index is -0.824. The van der Waals surface area contributed by atoms with Crippen LogP contribution < -0.4 is 9.47 Å². The van der Waals surface area contributed by atoms with Crippen LogP contribution >= 0.6 is 11.6 Å². The molecule has 46 heavy (non-hydrogen) atoms. The fourth-order valence-electron chi connectivity index (χ4n) is 8.08. The lowest BCUT2D eigenvalue weighted by atomic mass is 9.61. The molecule has 0 saturated heterocycles. The molecule has 8 nitrogen and oxygen atoms in total. The summed E-state index contributed by atoms with van der Waals surface area (Å²) < 4.78 is 18.2. The minimum Gasteiger partial charge on any atom is -0.488 e. The van der Waals surface area contributed by atoms with E-state index >= 15 is 0 Å². The van der Waals surface area contributed by atoms with Gasteiger partial charge in [-0.1, -0.05) is 72.3 Å². The zero-order chi connectivity index (χ0) is 31.7. The van der Waals surface area contributed by atoms with E-state index < -0.39 is 5.41 Å². The zero-order valence-corrected chi connectivity index (χ0v) is 26.2. The summed E-state index contributed by atoms with van der Waals surface area (Å²) in [6, 6.07) is 20.6. The zero-order valence-electron chi connectivity index (χ0n) is 25.4. The molecule has 1 spiro atoms. The van der Waals surface area contributed by atoms with Crippen molar-refractivity contribution in [1.29, 1.82) is 0 Å². The molecule has 1 aromatic heterocycles. The van der Waals surface area contributed by atoms with Crippen LogP contribution in [0.5, 0.6) is 11.6 Å². The van der Waals surface area contributed by atoms with Gasteiger partial charge in [0.2, 0.25) is 0 Å². The standard InChI is InChI=1S/C37H31ClN2O6/c1-40(2)32-25-14-22-13-24-29(27(15-23(17-41)31(24)38)44-18-20-9-5-3-6-10-20)33(42)28(22)26-16-37(25,26)35(43)30-34(32)46-39-36(30)45-19-21-11-7-4-8-12-21/h3-12,15,17,22,25,32H,13-14,16,18-19H2,1-2H3. The molecular weight excluding hydrogens is 604 g/mol. The third kappa shape index (κ3) is 4.23. The van der Waals surface area contributed by atoms with Gasteiger partial charge < -0.3 is 14.0 Å². The van der Waals surface area contributed by atoms with Gasteiger partial charge in [0.1, 0.15) is 24.5 Å². The number of carbonyl (C=O) groups is 3. The first-order valence-electron chi connectivity index (χ1n) is 15.5. The van der Waals surface area contributed by atoms with Crippen molar-refractivity contribution >= 4 is 29.5 Å². The fourth-order valence-corrected chi connectivity index (χ4v) is 8.35. The van der Waals surface area contributed by atoms with Crippen molar-refractivity contribution in [3.63, 3.8) is 0 Å². The van der Waals surface area contributed by atoms with Gasteiger partial charge in [0.25, 0.3) is 5.88 Å². The lowest BCUT2D eigenvalue weighted by molar-refractivity contribution is 0.0556. The van der Waals surface area contributed by atoms with Crippen LogP contribution in [0, 0.1) is 17.3 Å². The maximum Gasteiger partial charge on any atom is 0.265 e. The second-order valence-electron chi connectivity index (χ2n) is 12.9. The van der Waals surface area contributed by atoms with Crippen molar-refractivity contribution < 1.29 is 28.4 Å². The van der Waals surface area contributed by atoms with E-state index in [2.05, 4.69) is 10.1 Å². The number of benzene rings is 3. The predicted molar refractivity (Wildman–Crippen MR) is 169 cm³/mol. The average molecular weight is 635 g/mol. The molecule has 0 bridgehead atoms. The summed E-state index contributed by atoms with van der Waals surface area (Å²) in [4.78, 5) is 43.2. The predicted octanol–water partition coefficient (Wildman–Crippen LogP) is 6.86. The Labute approximate surface area is 270 Å². The van der Waals surface area contributed by atoms with Crippen molar-refractivity contribution in [3.8, 4) is 11.6 Å². The van der Waals surface area contributed by atoms with E-state index in [-0.39, 0.29) is 59.1 Å². The number of Topliss-reactive ketones (excluding diaryl/α,β-unsaturated/α-hetero) is 2. The molecule has 8 rings (SSSR count). The molecule has 9 heteroatoms. The Morgan fingerprint density at radius 3 is 2.33 bits per heavy atom. The molecule has 1 fully saturated rings. The normalized spacial score (nSPS) is 24.0. The number of hydrogen-bond donors (Lipinski definition) is 0. The number of ether oxygens (including phenoxy) is 2. The molecule has 1 saturated carbocycles. The van der Waals surface area contributed by atoms with E-state index in [1.54, 1.807) is 6.07 Å². The molecule has 4 unspecified atom stereocenters. The second kappa shape index (κ2) is 10.8. The molecule has 3 aromatic carbocycles. The van der Waals surface area contributed by atoms with Crippen LogP contribution in [0.2, 0.25) is 5.02 Å². The maximum atomic E-state index is 14.5. The van der Waals surface area contributed by atoms with Crippen LogP contribution in [0.15, 0.2) is 82.4 Å². The molecule has 0 amide bonds. The van der Waals surface area contributed by atoms with Gasteiger partial charge in [0, 0.05) is 11.1 Å². The monoisotopic (exact) mass is 634 g/mol. The molecule has 0 N–H and O–H groups in total. The topological polar surface area (TPSA) is 98.9 Å². The summed E-state index contributed by atoms with van der Waals surface area (Å²) >= 11 is 6.79. The Bertz CT molecular complexity index is 1950. The summed E-state index contributed by atoms with van der Waals surface area (Å²) in [7, 11) is 3.94. The van der Waals surface area contributed by atoms with Crippen molar-refractivity contribution in [1.82, 2.24) is 10.1 Å². The number of carbonyl (C=O) groups excluding carboxylic acids is 3. The first kappa shape index (κ1) is 28.9. The van der Waals surface area contributed by atoms with Crippen molar-refractivity contribution in [2.24, 2.45) is 17.3 Å². The molecule has 4 atom stereocenters. The van der Waals surface area contributed by atoms with Gasteiger partial charge in [-0.15, -0.1) is 0 Å². The van der Waals surface area contributed by atoms with Crippen molar-refractivity contribution in [2.75, 3.05) is 14.1 Å². The van der Waals surface area contributed by atoms with Gasteiger partial charge in [0.05, 0.1) is 22.0 Å². The third-order valence-electron chi connectivity index (χ3n) is 10.2. The Hall–Kier alpha value is -4.53. The highest BCUT2D eigenvalue weighted by Gasteiger charge is 2.71. The smallest absolute Gasteiger partial charge is 0.265 e. The van der Waals surface area contributed by atoms with E-state index in [4.69, 9.17) is 25.6 Å². The molecule has 4 aliphatic rings. The highest BCUT2D eigenvalue weighted by molar-refractivity contribution is 6.35. The van der Waals surface area contributed by atoms with Gasteiger partial charge in [-0.05, 0) is 78.7 Å². The molecule has 4 aliphatic carbocycles. The highest BCUT2D eigenvalue weighted by Crippen LogP contribution is 2.72. The maximum absolute atomic E-state index is 14.5. The summed E-state index contributed by atoms with van der Waals surface area (Å²) in [5.74, 6) is 0.464. The van der Waals surface area contributed by atoms with E-state index in [1.807, 2.05) is 74.8 Å². The number of aromatic nitrogens is 1. The van der Waals surface area contributed by atoms with Crippen LogP contribution in [0.25, 0.3) is 0 Å². The van der Waals surface area contributed by atoms with Gasteiger partial charge in [-0.2, -0.15) is 0 Å². The number of rotatable bonds is 8. The van der Waals surface area contributed by atoms with Crippen LogP contribution in [-0.2, 0) is 19.6 Å². The molecule has 232 valence electrons. The van der Waals surface area contributed by atoms with Gasteiger partial charge in [-0.3, -0.25) is 19.3 Å². The highest BCUT2D eigenvalue weighted by atomic mass is 35.5. The van der Waals surface area contributed by atoms with E-state index in [1.165, 1.54) is 0 Å². The summed E-state index contributed by atoms with van der Waals surface area (Å²) in [5.41, 5.74) is 4.29. The Balaban J connectivity index is 1.20. The van der Waals surface area contributed by atoms with E-state index in [9.17, 15) is 14.4 Å². The van der Waals surface area contributed by atoms with E-state index in [0.717, 1.165) is 16.7 Å². The molecular formula is C37H31ClN2O6. The quantitative estimate of drug-likeness (QED) is 0.194. The lowest BCUT2D eigenvalue weighted by Crippen LogP contribution is -2.46. The number of ketones is 2. The molecule has 0 radical (unpaired) electrons. The van der Waals surface area contributed by atoms with Crippen LogP contribution in [0.1, 0.15) is 72.4 Å². The number of nitrogens with zero attached hydrogens (tertiary/aromatic N) is 2. The Morgan fingerprint density at radius 1 is 1.00 bits per heavy atom. The van der Waals surface area contributed by atoms with Gasteiger partial charge in [0.15, 0.2) is 23.6 Å². The number of aldehydes is 1. The first-order valence-corrected chi connectivity index (χ1v) is 15.8. The number of halogens is 1. The average Bonchev–Trinajstić information content (AvgIpc) is 3.69. The summed E-state index contributed by atoms with van der Waals surface area (Å²) in [5, 5.41) is 4.52. The lowest BCUT2D eigenvalue weighted by Gasteiger charge is -2.44. The number of hydrogen-bond acceptors (Lipinski definition) is 8. The SMILES string of the molecule is CN(C)C1c2onc(OCc3ccccc3)c2C(=O)C23CC2=C2C(=O)c4c(OCc5ccccc5)cc(C=O)c(Cl)c4CC2CC13. The second-order valence-corrected chi connectivity index (χ2v) is 13.3. The Morgan fingerprint density at radius 2 is 1.67 bits per heavy atom. The number of allylic oxidation sites excluding steroid dienone is 2. The largest absolute Gasteiger partial charge is 0.488 e. The summed E-state index contributed by atoms with van der Waals surface area (Å²) in [6.45, 7) is 0.476. The van der Waals surface area contributed by atoms with Crippen LogP contribution in [0.4, 0.5) is 0 Å². The fraction of sp³-hybridized carbons (Fsp3) is 0.297. The number of fused-ring (bicyclic) bond motifs is 3. The Kier molecular flexibility index (Phi) is 6.78. The van der Waals surface area contributed by atoms with Gasteiger partial charge in [-0.25, -0.2) is 0 Å². The molecule has 0 aliphatic heterocycles. The minimum absolute atomic E-state index is 0.0932. The van der Waals surface area contributed by atoms with Gasteiger partial charge >= 0.3 is 0 Å². The van der Waals surface area contributed by atoms with Crippen molar-refractivity contribution in [2.45, 2.75) is 38.5 Å².